The number of carbonyl (C=O) groups is 2. The summed E-state index contributed by atoms with van der Waals surface area (Å²) in [5.74, 6) is 0.511. The molecule has 0 aromatic heterocycles. The molecule has 0 bridgehead atoms. The first kappa shape index (κ1) is 19.2. The maximum Gasteiger partial charge on any atom is 0.258 e. The van der Waals surface area contributed by atoms with Crippen molar-refractivity contribution < 1.29 is 23.8 Å². The smallest absolute Gasteiger partial charge is 0.258 e. The monoisotopic (exact) mass is 350 g/mol. The first-order chi connectivity index (χ1) is 12.2. The van der Waals surface area contributed by atoms with Crippen LogP contribution in [0.3, 0.4) is 0 Å². The first-order valence-corrected chi connectivity index (χ1v) is 8.50. The minimum Gasteiger partial charge on any atom is -0.484 e. The number of rotatable bonds is 9. The van der Waals surface area contributed by atoms with E-state index in [1.807, 2.05) is 30.3 Å². The predicted octanol–water partition coefficient (Wildman–Crippen LogP) is 0.836. The van der Waals surface area contributed by atoms with Crippen LogP contribution >= 0.6 is 0 Å². The number of benzene rings is 1. The molecule has 0 aliphatic carbocycles. The van der Waals surface area contributed by atoms with Gasteiger partial charge in [-0.05, 0) is 25.0 Å². The highest BCUT2D eigenvalue weighted by atomic mass is 16.5. The second-order valence-electron chi connectivity index (χ2n) is 5.87. The van der Waals surface area contributed by atoms with Crippen LogP contribution in [0.15, 0.2) is 30.3 Å². The number of ether oxygens (including phenoxy) is 3. The van der Waals surface area contributed by atoms with Crippen molar-refractivity contribution in [3.63, 3.8) is 0 Å². The second-order valence-corrected chi connectivity index (χ2v) is 5.87. The highest BCUT2D eigenvalue weighted by molar-refractivity contribution is 5.78. The fraction of sp³-hybridized carbons (Fsp3) is 0.556. The number of piperidine rings is 1. The third-order valence-corrected chi connectivity index (χ3v) is 3.98. The molecule has 0 unspecified atom stereocenters. The molecule has 25 heavy (non-hydrogen) atoms. The van der Waals surface area contributed by atoms with Crippen LogP contribution in [-0.4, -0.2) is 69.4 Å². The number of nitrogens with one attached hydrogen (secondary N) is 1. The van der Waals surface area contributed by atoms with Crippen molar-refractivity contribution in [1.29, 1.82) is 0 Å². The number of methoxy groups -OCH3 is 1. The third-order valence-electron chi connectivity index (χ3n) is 3.98. The van der Waals surface area contributed by atoms with Gasteiger partial charge in [-0.15, -0.1) is 0 Å². The molecule has 2 amide bonds. The van der Waals surface area contributed by atoms with Gasteiger partial charge in [0.25, 0.3) is 5.91 Å². The number of likely N-dealkylation sites (tertiary alicyclic amines) is 1. The minimum absolute atomic E-state index is 0.00347. The Morgan fingerprint density at radius 3 is 2.52 bits per heavy atom. The summed E-state index contributed by atoms with van der Waals surface area (Å²) in [5.41, 5.74) is 0. The molecule has 1 aliphatic rings. The quantitative estimate of drug-likeness (QED) is 0.668. The van der Waals surface area contributed by atoms with Gasteiger partial charge in [0.05, 0.1) is 13.2 Å². The standard InChI is InChI=1S/C18H26N2O5/c1-23-11-12-24-14-18(22)20-9-7-15(8-10-20)19-17(21)13-25-16-5-3-2-4-6-16/h2-6,15H,7-14H2,1H3,(H,19,21). The summed E-state index contributed by atoms with van der Waals surface area (Å²) in [7, 11) is 1.59. The Bertz CT molecular complexity index is 530. The summed E-state index contributed by atoms with van der Waals surface area (Å²) in [4.78, 5) is 25.7. The minimum atomic E-state index is -0.142. The molecule has 2 rings (SSSR count). The molecular weight excluding hydrogens is 324 g/mol. The Morgan fingerprint density at radius 2 is 1.84 bits per heavy atom. The van der Waals surface area contributed by atoms with Gasteiger partial charge in [0.15, 0.2) is 6.61 Å². The van der Waals surface area contributed by atoms with E-state index in [4.69, 9.17) is 14.2 Å². The second kappa shape index (κ2) is 10.7. The normalized spacial score (nSPS) is 15.0. The Labute approximate surface area is 148 Å². The van der Waals surface area contributed by atoms with Gasteiger partial charge in [0, 0.05) is 26.2 Å². The zero-order valence-corrected chi connectivity index (χ0v) is 14.6. The molecule has 1 fully saturated rings. The average molecular weight is 350 g/mol. The number of carbonyl (C=O) groups excluding carboxylic acids is 2. The lowest BCUT2D eigenvalue weighted by Gasteiger charge is -2.32. The molecule has 1 aromatic rings. The molecule has 1 N–H and O–H groups in total. The van der Waals surface area contributed by atoms with Crippen molar-refractivity contribution in [1.82, 2.24) is 10.2 Å². The van der Waals surface area contributed by atoms with Crippen molar-refractivity contribution in [2.24, 2.45) is 0 Å². The van der Waals surface area contributed by atoms with Crippen molar-refractivity contribution in [3.8, 4) is 5.75 Å². The van der Waals surface area contributed by atoms with Crippen molar-refractivity contribution in [2.75, 3.05) is 46.6 Å². The van der Waals surface area contributed by atoms with Gasteiger partial charge in [-0.3, -0.25) is 9.59 Å². The van der Waals surface area contributed by atoms with Crippen molar-refractivity contribution >= 4 is 11.8 Å². The molecule has 0 radical (unpaired) electrons. The van der Waals surface area contributed by atoms with E-state index in [0.717, 1.165) is 12.8 Å². The Morgan fingerprint density at radius 1 is 1.12 bits per heavy atom. The molecule has 0 saturated carbocycles. The van der Waals surface area contributed by atoms with E-state index in [1.54, 1.807) is 12.0 Å². The third kappa shape index (κ3) is 7.11. The first-order valence-electron chi connectivity index (χ1n) is 8.50. The maximum atomic E-state index is 12.0. The van der Waals surface area contributed by atoms with Crippen LogP contribution in [0.4, 0.5) is 0 Å². The summed E-state index contributed by atoms with van der Waals surface area (Å²) >= 11 is 0. The van der Waals surface area contributed by atoms with Gasteiger partial charge < -0.3 is 24.4 Å². The van der Waals surface area contributed by atoms with Gasteiger partial charge in [-0.1, -0.05) is 18.2 Å². The molecule has 7 heteroatoms. The van der Waals surface area contributed by atoms with E-state index in [2.05, 4.69) is 5.32 Å². The highest BCUT2D eigenvalue weighted by Crippen LogP contribution is 2.11. The molecule has 7 nitrogen and oxygen atoms in total. The van der Waals surface area contributed by atoms with Gasteiger partial charge in [-0.2, -0.15) is 0 Å². The Balaban J connectivity index is 1.61. The Hall–Kier alpha value is -2.12. The fourth-order valence-electron chi connectivity index (χ4n) is 2.60. The van der Waals surface area contributed by atoms with Crippen molar-refractivity contribution in [2.45, 2.75) is 18.9 Å². The van der Waals surface area contributed by atoms with Crippen LogP contribution in [0, 0.1) is 0 Å². The van der Waals surface area contributed by atoms with Crippen LogP contribution in [0.2, 0.25) is 0 Å². The largest absolute Gasteiger partial charge is 0.484 e. The molecule has 0 spiro atoms. The lowest BCUT2D eigenvalue weighted by Crippen LogP contribution is -2.48. The van der Waals surface area contributed by atoms with Gasteiger partial charge in [-0.25, -0.2) is 0 Å². The zero-order valence-electron chi connectivity index (χ0n) is 14.6. The molecule has 1 heterocycles. The lowest BCUT2D eigenvalue weighted by atomic mass is 10.1. The lowest BCUT2D eigenvalue weighted by molar-refractivity contribution is -0.137. The topological polar surface area (TPSA) is 77.1 Å². The molecule has 138 valence electrons. The van der Waals surface area contributed by atoms with Gasteiger partial charge in [0.2, 0.25) is 5.91 Å². The molecule has 1 aliphatic heterocycles. The van der Waals surface area contributed by atoms with E-state index < -0.39 is 0 Å². The zero-order chi connectivity index (χ0) is 17.9. The number of para-hydroxylation sites is 1. The summed E-state index contributed by atoms with van der Waals surface area (Å²) in [5, 5.41) is 2.96. The number of hydrogen-bond donors (Lipinski definition) is 1. The molecule has 1 aromatic carbocycles. The summed E-state index contributed by atoms with van der Waals surface area (Å²) in [6.07, 6.45) is 1.47. The SMILES string of the molecule is COCCOCC(=O)N1CCC(NC(=O)COc2ccccc2)CC1. The van der Waals surface area contributed by atoms with E-state index in [9.17, 15) is 9.59 Å². The molecule has 1 saturated heterocycles. The van der Waals surface area contributed by atoms with Crippen LogP contribution < -0.4 is 10.1 Å². The van der Waals surface area contributed by atoms with Crippen LogP contribution in [0.5, 0.6) is 5.75 Å². The predicted molar refractivity (Wildman–Crippen MR) is 92.4 cm³/mol. The average Bonchev–Trinajstić information content (AvgIpc) is 2.65. The van der Waals surface area contributed by atoms with Gasteiger partial charge in [0.1, 0.15) is 12.4 Å². The number of hydrogen-bond acceptors (Lipinski definition) is 5. The van der Waals surface area contributed by atoms with E-state index in [0.29, 0.717) is 32.1 Å². The molecular formula is C18H26N2O5. The summed E-state index contributed by atoms with van der Waals surface area (Å²) in [6.45, 7) is 2.21. The van der Waals surface area contributed by atoms with E-state index >= 15 is 0 Å². The number of nitrogens with zero attached hydrogens (tertiary/aromatic N) is 1. The van der Waals surface area contributed by atoms with Crippen molar-refractivity contribution in [3.05, 3.63) is 30.3 Å². The number of amides is 2. The fourth-order valence-corrected chi connectivity index (χ4v) is 2.60. The Kier molecular flexibility index (Phi) is 8.21. The highest BCUT2D eigenvalue weighted by Gasteiger charge is 2.23. The van der Waals surface area contributed by atoms with Crippen LogP contribution in [-0.2, 0) is 19.1 Å². The van der Waals surface area contributed by atoms with Gasteiger partial charge >= 0.3 is 0 Å². The van der Waals surface area contributed by atoms with Crippen LogP contribution in [0.1, 0.15) is 12.8 Å². The van der Waals surface area contributed by atoms with E-state index in [1.165, 1.54) is 0 Å². The summed E-state index contributed by atoms with van der Waals surface area (Å²) in [6, 6.07) is 9.31. The maximum absolute atomic E-state index is 12.0. The van der Waals surface area contributed by atoms with Crippen LogP contribution in [0.25, 0.3) is 0 Å². The van der Waals surface area contributed by atoms with E-state index in [-0.39, 0.29) is 31.1 Å². The summed E-state index contributed by atoms with van der Waals surface area (Å²) < 4.78 is 15.5. The molecule has 0 atom stereocenters.